The van der Waals surface area contributed by atoms with E-state index in [9.17, 15) is 0 Å². The molecular weight excluding hydrogens is 340 g/mol. The lowest BCUT2D eigenvalue weighted by molar-refractivity contribution is 0.206. The first-order valence-corrected chi connectivity index (χ1v) is 9.53. The van der Waals surface area contributed by atoms with E-state index in [-0.39, 0.29) is 6.04 Å². The van der Waals surface area contributed by atoms with Gasteiger partial charge in [-0.2, -0.15) is 5.10 Å². The van der Waals surface area contributed by atoms with Crippen LogP contribution in [-0.2, 0) is 6.54 Å². The number of ether oxygens (including phenoxy) is 1. The van der Waals surface area contributed by atoms with Gasteiger partial charge in [0, 0.05) is 23.7 Å². The fourth-order valence-electron chi connectivity index (χ4n) is 3.75. The summed E-state index contributed by atoms with van der Waals surface area (Å²) in [6, 6.07) is 10.5. The van der Waals surface area contributed by atoms with Crippen LogP contribution in [0.5, 0.6) is 5.75 Å². The lowest BCUT2D eigenvalue weighted by atomic mass is 10.1. The third kappa shape index (κ3) is 3.62. The number of H-pyrrole nitrogens is 1. The van der Waals surface area contributed by atoms with Crippen molar-refractivity contribution < 1.29 is 9.26 Å². The van der Waals surface area contributed by atoms with Crippen LogP contribution < -0.4 is 4.74 Å². The number of rotatable bonds is 6. The first-order chi connectivity index (χ1) is 13.2. The van der Waals surface area contributed by atoms with Crippen molar-refractivity contribution in [1.82, 2.24) is 20.3 Å². The van der Waals surface area contributed by atoms with Gasteiger partial charge in [-0.1, -0.05) is 31.1 Å². The number of nitrogens with one attached hydrogen (secondary N) is 1. The molecule has 0 radical (unpaired) electrons. The van der Waals surface area contributed by atoms with Crippen LogP contribution >= 0.6 is 0 Å². The number of aromatic amines is 1. The van der Waals surface area contributed by atoms with E-state index in [4.69, 9.17) is 9.26 Å². The second kappa shape index (κ2) is 7.56. The average molecular weight is 366 g/mol. The highest BCUT2D eigenvalue weighted by atomic mass is 16.5. The van der Waals surface area contributed by atoms with Gasteiger partial charge in [-0.15, -0.1) is 0 Å². The molecule has 1 aromatic carbocycles. The molecule has 0 bridgehead atoms. The Morgan fingerprint density at radius 1 is 1.33 bits per heavy atom. The minimum atomic E-state index is 0.276. The molecule has 27 heavy (non-hydrogen) atoms. The summed E-state index contributed by atoms with van der Waals surface area (Å²) >= 11 is 0. The van der Waals surface area contributed by atoms with Crippen molar-refractivity contribution >= 4 is 0 Å². The van der Waals surface area contributed by atoms with Crippen LogP contribution in [0.1, 0.15) is 55.7 Å². The van der Waals surface area contributed by atoms with Crippen LogP contribution in [0.15, 0.2) is 41.1 Å². The Labute approximate surface area is 159 Å². The molecule has 0 spiro atoms. The largest absolute Gasteiger partial charge is 0.497 e. The summed E-state index contributed by atoms with van der Waals surface area (Å²) in [4.78, 5) is 2.46. The molecule has 1 atom stereocenters. The van der Waals surface area contributed by atoms with Crippen LogP contribution in [-0.4, -0.2) is 33.9 Å². The summed E-state index contributed by atoms with van der Waals surface area (Å²) in [5, 5.41) is 11.7. The predicted molar refractivity (Wildman–Crippen MR) is 104 cm³/mol. The van der Waals surface area contributed by atoms with Gasteiger partial charge in [-0.3, -0.25) is 10.00 Å². The average Bonchev–Trinajstić information content (AvgIpc) is 3.42. The third-order valence-corrected chi connectivity index (χ3v) is 5.28. The van der Waals surface area contributed by atoms with E-state index < -0.39 is 0 Å². The first kappa shape index (κ1) is 17.8. The van der Waals surface area contributed by atoms with Crippen molar-refractivity contribution in [2.45, 2.75) is 45.2 Å². The smallest absolute Gasteiger partial charge is 0.154 e. The quantitative estimate of drug-likeness (QED) is 0.694. The molecule has 2 aromatic heterocycles. The Morgan fingerprint density at radius 3 is 3.00 bits per heavy atom. The SMILES string of the molecule is COc1cccc(-c2[nH]ncc2CN2CCC[C@H]2c2cc(C(C)C)no2)c1. The maximum Gasteiger partial charge on any atom is 0.154 e. The van der Waals surface area contributed by atoms with Gasteiger partial charge in [-0.05, 0) is 37.4 Å². The molecule has 1 fully saturated rings. The minimum Gasteiger partial charge on any atom is -0.497 e. The fourth-order valence-corrected chi connectivity index (χ4v) is 3.75. The number of aromatic nitrogens is 3. The van der Waals surface area contributed by atoms with Crippen molar-refractivity contribution in [3.8, 4) is 17.0 Å². The van der Waals surface area contributed by atoms with Crippen LogP contribution in [0.25, 0.3) is 11.3 Å². The van der Waals surface area contributed by atoms with E-state index in [1.807, 2.05) is 24.4 Å². The van der Waals surface area contributed by atoms with E-state index in [1.165, 1.54) is 5.56 Å². The molecule has 4 rings (SSSR count). The maximum atomic E-state index is 5.67. The van der Waals surface area contributed by atoms with E-state index in [0.29, 0.717) is 5.92 Å². The maximum absolute atomic E-state index is 5.67. The van der Waals surface area contributed by atoms with Gasteiger partial charge < -0.3 is 9.26 Å². The lowest BCUT2D eigenvalue weighted by Crippen LogP contribution is -2.22. The highest BCUT2D eigenvalue weighted by molar-refractivity contribution is 5.64. The van der Waals surface area contributed by atoms with Crippen molar-refractivity contribution in [3.05, 3.63) is 53.5 Å². The summed E-state index contributed by atoms with van der Waals surface area (Å²) in [7, 11) is 1.69. The summed E-state index contributed by atoms with van der Waals surface area (Å²) in [5.41, 5.74) is 4.33. The van der Waals surface area contributed by atoms with E-state index in [0.717, 1.165) is 54.4 Å². The number of methoxy groups -OCH3 is 1. The van der Waals surface area contributed by atoms with Crippen molar-refractivity contribution in [2.24, 2.45) is 0 Å². The van der Waals surface area contributed by atoms with Crippen molar-refractivity contribution in [2.75, 3.05) is 13.7 Å². The molecule has 6 heteroatoms. The molecule has 1 aliphatic heterocycles. The summed E-state index contributed by atoms with van der Waals surface area (Å²) in [6.45, 7) is 6.15. The van der Waals surface area contributed by atoms with Gasteiger partial charge in [0.1, 0.15) is 5.75 Å². The zero-order valence-electron chi connectivity index (χ0n) is 16.1. The summed E-state index contributed by atoms with van der Waals surface area (Å²) in [5.74, 6) is 2.20. The number of hydrogen-bond acceptors (Lipinski definition) is 5. The molecule has 3 aromatic rings. The molecule has 3 heterocycles. The Balaban J connectivity index is 1.56. The molecule has 0 saturated carbocycles. The first-order valence-electron chi connectivity index (χ1n) is 9.53. The number of hydrogen-bond donors (Lipinski definition) is 1. The van der Waals surface area contributed by atoms with E-state index in [2.05, 4.69) is 46.2 Å². The molecule has 1 saturated heterocycles. The van der Waals surface area contributed by atoms with Crippen molar-refractivity contribution in [1.29, 1.82) is 0 Å². The van der Waals surface area contributed by atoms with Crippen LogP contribution in [0.3, 0.4) is 0 Å². The lowest BCUT2D eigenvalue weighted by Gasteiger charge is -2.22. The third-order valence-electron chi connectivity index (χ3n) is 5.28. The van der Waals surface area contributed by atoms with E-state index >= 15 is 0 Å². The highest BCUT2D eigenvalue weighted by Gasteiger charge is 2.30. The Morgan fingerprint density at radius 2 is 2.22 bits per heavy atom. The Hall–Kier alpha value is -2.60. The van der Waals surface area contributed by atoms with Crippen LogP contribution in [0.2, 0.25) is 0 Å². The number of nitrogens with zero attached hydrogens (tertiary/aromatic N) is 3. The van der Waals surface area contributed by atoms with Gasteiger partial charge in [0.25, 0.3) is 0 Å². The second-order valence-corrected chi connectivity index (χ2v) is 7.44. The second-order valence-electron chi connectivity index (χ2n) is 7.44. The van der Waals surface area contributed by atoms with Gasteiger partial charge in [-0.25, -0.2) is 0 Å². The zero-order valence-corrected chi connectivity index (χ0v) is 16.1. The molecule has 0 aliphatic carbocycles. The molecule has 0 amide bonds. The number of benzene rings is 1. The zero-order chi connectivity index (χ0) is 18.8. The molecule has 0 unspecified atom stereocenters. The van der Waals surface area contributed by atoms with E-state index in [1.54, 1.807) is 7.11 Å². The molecule has 1 N–H and O–H groups in total. The molecule has 1 aliphatic rings. The van der Waals surface area contributed by atoms with Gasteiger partial charge in [0.15, 0.2) is 5.76 Å². The summed E-state index contributed by atoms with van der Waals surface area (Å²) in [6.07, 6.45) is 4.18. The highest BCUT2D eigenvalue weighted by Crippen LogP contribution is 2.35. The monoisotopic (exact) mass is 366 g/mol. The predicted octanol–water partition coefficient (Wildman–Crippen LogP) is 4.53. The topological polar surface area (TPSA) is 67.2 Å². The van der Waals surface area contributed by atoms with Crippen LogP contribution in [0, 0.1) is 0 Å². The Kier molecular flexibility index (Phi) is 4.99. The van der Waals surface area contributed by atoms with Crippen LogP contribution in [0.4, 0.5) is 0 Å². The fraction of sp³-hybridized carbons (Fsp3) is 0.429. The standard InChI is InChI=1S/C21H26N4O2/c1-14(2)18-11-20(27-24-18)19-8-5-9-25(19)13-16-12-22-23-21(16)15-6-4-7-17(10-15)26-3/h4,6-7,10-12,14,19H,5,8-9,13H2,1-3H3,(H,22,23)/t19-/m0/s1. The van der Waals surface area contributed by atoms with Crippen molar-refractivity contribution in [3.63, 3.8) is 0 Å². The van der Waals surface area contributed by atoms with Gasteiger partial charge >= 0.3 is 0 Å². The molecule has 142 valence electrons. The van der Waals surface area contributed by atoms with Gasteiger partial charge in [0.2, 0.25) is 0 Å². The normalized spacial score (nSPS) is 17.7. The summed E-state index contributed by atoms with van der Waals surface area (Å²) < 4.78 is 11.0. The molecular formula is C21H26N4O2. The molecule has 6 nitrogen and oxygen atoms in total. The minimum absolute atomic E-state index is 0.276. The number of likely N-dealkylation sites (tertiary alicyclic amines) is 1. The Bertz CT molecular complexity index is 899. The van der Waals surface area contributed by atoms with Gasteiger partial charge in [0.05, 0.1) is 30.7 Å².